The normalized spacial score (nSPS) is 22.3. The predicted octanol–water partition coefficient (Wildman–Crippen LogP) is 2.03. The molecule has 1 aromatic rings. The minimum Gasteiger partial charge on any atom is -0.497 e. The van der Waals surface area contributed by atoms with Crippen LogP contribution in [0.25, 0.3) is 0 Å². The Hall–Kier alpha value is -1.55. The van der Waals surface area contributed by atoms with Crippen molar-refractivity contribution in [2.24, 2.45) is 17.6 Å². The Morgan fingerprint density at radius 2 is 2.26 bits per heavy atom. The third-order valence-electron chi connectivity index (χ3n) is 4.05. The van der Waals surface area contributed by atoms with Crippen molar-refractivity contribution in [3.63, 3.8) is 0 Å². The molecule has 2 unspecified atom stereocenters. The van der Waals surface area contributed by atoms with E-state index in [2.05, 4.69) is 0 Å². The lowest BCUT2D eigenvalue weighted by molar-refractivity contribution is -0.123. The van der Waals surface area contributed by atoms with Crippen LogP contribution in [0.15, 0.2) is 24.3 Å². The first-order chi connectivity index (χ1) is 9.17. The van der Waals surface area contributed by atoms with Gasteiger partial charge in [0.25, 0.3) is 0 Å². The SMILES string of the molecule is COc1cccc(N(C)C(=O)C2CCCC2CN)c1. The monoisotopic (exact) mass is 262 g/mol. The fourth-order valence-electron chi connectivity index (χ4n) is 2.84. The van der Waals surface area contributed by atoms with Crippen molar-refractivity contribution < 1.29 is 9.53 Å². The van der Waals surface area contributed by atoms with Crippen LogP contribution in [0.4, 0.5) is 5.69 Å². The second-order valence-electron chi connectivity index (χ2n) is 5.13. The summed E-state index contributed by atoms with van der Waals surface area (Å²) in [4.78, 5) is 14.3. The van der Waals surface area contributed by atoms with Crippen molar-refractivity contribution in [1.29, 1.82) is 0 Å². The summed E-state index contributed by atoms with van der Waals surface area (Å²) < 4.78 is 5.19. The highest BCUT2D eigenvalue weighted by atomic mass is 16.5. The molecule has 4 nitrogen and oxygen atoms in total. The van der Waals surface area contributed by atoms with E-state index in [0.717, 1.165) is 30.7 Å². The van der Waals surface area contributed by atoms with E-state index in [0.29, 0.717) is 12.5 Å². The Labute approximate surface area is 114 Å². The summed E-state index contributed by atoms with van der Waals surface area (Å²) in [6.45, 7) is 0.600. The molecule has 1 aliphatic carbocycles. The summed E-state index contributed by atoms with van der Waals surface area (Å²) in [6.07, 6.45) is 3.12. The number of nitrogens with zero attached hydrogens (tertiary/aromatic N) is 1. The highest BCUT2D eigenvalue weighted by Crippen LogP contribution is 2.33. The van der Waals surface area contributed by atoms with E-state index >= 15 is 0 Å². The van der Waals surface area contributed by atoms with E-state index in [4.69, 9.17) is 10.5 Å². The average Bonchev–Trinajstić information content (AvgIpc) is 2.94. The van der Waals surface area contributed by atoms with Crippen molar-refractivity contribution >= 4 is 11.6 Å². The molecule has 4 heteroatoms. The van der Waals surface area contributed by atoms with E-state index in [9.17, 15) is 4.79 Å². The molecule has 0 aliphatic heterocycles. The van der Waals surface area contributed by atoms with Gasteiger partial charge in [-0.3, -0.25) is 4.79 Å². The van der Waals surface area contributed by atoms with Gasteiger partial charge >= 0.3 is 0 Å². The fourth-order valence-corrected chi connectivity index (χ4v) is 2.84. The van der Waals surface area contributed by atoms with Crippen LogP contribution in [0.5, 0.6) is 5.75 Å². The first-order valence-electron chi connectivity index (χ1n) is 6.79. The molecule has 0 radical (unpaired) electrons. The van der Waals surface area contributed by atoms with Gasteiger partial charge in [-0.15, -0.1) is 0 Å². The molecule has 2 N–H and O–H groups in total. The molecule has 104 valence electrons. The molecule has 0 bridgehead atoms. The average molecular weight is 262 g/mol. The zero-order valence-corrected chi connectivity index (χ0v) is 11.6. The number of carbonyl (C=O) groups excluding carboxylic acids is 1. The first kappa shape index (κ1) is 13.9. The summed E-state index contributed by atoms with van der Waals surface area (Å²) in [5.74, 6) is 1.34. The molecule has 0 saturated heterocycles. The Morgan fingerprint density at radius 1 is 1.47 bits per heavy atom. The smallest absolute Gasteiger partial charge is 0.230 e. The zero-order chi connectivity index (χ0) is 13.8. The van der Waals surface area contributed by atoms with Crippen LogP contribution < -0.4 is 15.4 Å². The molecule has 0 aromatic heterocycles. The van der Waals surface area contributed by atoms with Gasteiger partial charge in [-0.05, 0) is 37.4 Å². The van der Waals surface area contributed by atoms with Crippen LogP contribution in [0.1, 0.15) is 19.3 Å². The van der Waals surface area contributed by atoms with Crippen molar-refractivity contribution in [2.45, 2.75) is 19.3 Å². The van der Waals surface area contributed by atoms with Gasteiger partial charge in [0.1, 0.15) is 5.75 Å². The predicted molar refractivity (Wildman–Crippen MR) is 76.3 cm³/mol. The van der Waals surface area contributed by atoms with Gasteiger partial charge in [0.05, 0.1) is 7.11 Å². The maximum atomic E-state index is 12.5. The van der Waals surface area contributed by atoms with Crippen molar-refractivity contribution in [3.05, 3.63) is 24.3 Å². The van der Waals surface area contributed by atoms with Crippen molar-refractivity contribution in [3.8, 4) is 5.75 Å². The van der Waals surface area contributed by atoms with Gasteiger partial charge in [-0.25, -0.2) is 0 Å². The third-order valence-corrected chi connectivity index (χ3v) is 4.05. The highest BCUT2D eigenvalue weighted by Gasteiger charge is 2.34. The second-order valence-corrected chi connectivity index (χ2v) is 5.13. The molecule has 0 spiro atoms. The fraction of sp³-hybridized carbons (Fsp3) is 0.533. The van der Waals surface area contributed by atoms with E-state index in [-0.39, 0.29) is 11.8 Å². The van der Waals surface area contributed by atoms with Crippen LogP contribution >= 0.6 is 0 Å². The Bertz CT molecular complexity index is 448. The lowest BCUT2D eigenvalue weighted by Gasteiger charge is -2.24. The first-order valence-corrected chi connectivity index (χ1v) is 6.79. The van der Waals surface area contributed by atoms with Crippen LogP contribution in [0.2, 0.25) is 0 Å². The van der Waals surface area contributed by atoms with Crippen LogP contribution in [-0.4, -0.2) is 26.6 Å². The van der Waals surface area contributed by atoms with Crippen LogP contribution in [0.3, 0.4) is 0 Å². The maximum Gasteiger partial charge on any atom is 0.230 e. The van der Waals surface area contributed by atoms with Gasteiger partial charge < -0.3 is 15.4 Å². The summed E-state index contributed by atoms with van der Waals surface area (Å²) >= 11 is 0. The Balaban J connectivity index is 2.13. The molecule has 1 amide bonds. The molecule has 0 heterocycles. The molecule has 1 saturated carbocycles. The molecule has 19 heavy (non-hydrogen) atoms. The van der Waals surface area contributed by atoms with Crippen molar-refractivity contribution in [2.75, 3.05) is 25.6 Å². The zero-order valence-electron chi connectivity index (χ0n) is 11.6. The number of nitrogens with two attached hydrogens (primary N) is 1. The minimum absolute atomic E-state index is 0.0706. The quantitative estimate of drug-likeness (QED) is 0.903. The van der Waals surface area contributed by atoms with Gasteiger partial charge in [0.2, 0.25) is 5.91 Å². The number of ether oxygens (including phenoxy) is 1. The van der Waals surface area contributed by atoms with Crippen molar-refractivity contribution in [1.82, 2.24) is 0 Å². The molecule has 1 fully saturated rings. The minimum atomic E-state index is 0.0706. The van der Waals surface area contributed by atoms with Gasteiger partial charge in [0.15, 0.2) is 0 Å². The summed E-state index contributed by atoms with van der Waals surface area (Å²) in [5, 5.41) is 0. The van der Waals surface area contributed by atoms with Crippen LogP contribution in [-0.2, 0) is 4.79 Å². The summed E-state index contributed by atoms with van der Waals surface area (Å²) in [5.41, 5.74) is 6.62. The molecule has 2 rings (SSSR count). The number of amides is 1. The number of carbonyl (C=O) groups is 1. The third kappa shape index (κ3) is 2.89. The molecular weight excluding hydrogens is 240 g/mol. The number of rotatable bonds is 4. The maximum absolute atomic E-state index is 12.5. The number of anilines is 1. The molecule has 1 aliphatic rings. The molecular formula is C15H22N2O2. The van der Waals surface area contributed by atoms with Gasteiger partial charge in [-0.1, -0.05) is 12.5 Å². The highest BCUT2D eigenvalue weighted by molar-refractivity contribution is 5.95. The van der Waals surface area contributed by atoms with E-state index < -0.39 is 0 Å². The van der Waals surface area contributed by atoms with Gasteiger partial charge in [0, 0.05) is 24.7 Å². The second kappa shape index (κ2) is 6.06. The Kier molecular flexibility index (Phi) is 4.43. The lowest BCUT2D eigenvalue weighted by Crippen LogP contribution is -2.36. The number of methoxy groups -OCH3 is 1. The van der Waals surface area contributed by atoms with E-state index in [1.54, 1.807) is 12.0 Å². The standard InChI is InChI=1S/C15H22N2O2/c1-17(12-6-4-7-13(9-12)19-2)15(18)14-8-3-5-11(14)10-16/h4,6-7,9,11,14H,3,5,8,10,16H2,1-2H3. The van der Waals surface area contributed by atoms with Gasteiger partial charge in [-0.2, -0.15) is 0 Å². The topological polar surface area (TPSA) is 55.6 Å². The number of hydrogen-bond donors (Lipinski definition) is 1. The largest absolute Gasteiger partial charge is 0.497 e. The Morgan fingerprint density at radius 3 is 2.95 bits per heavy atom. The lowest BCUT2D eigenvalue weighted by atomic mass is 9.94. The summed E-state index contributed by atoms with van der Waals surface area (Å²) in [7, 11) is 3.45. The number of benzene rings is 1. The molecule has 1 aromatic carbocycles. The van der Waals surface area contributed by atoms with Crippen LogP contribution in [0, 0.1) is 11.8 Å². The van der Waals surface area contributed by atoms with E-state index in [1.807, 2.05) is 31.3 Å². The van der Waals surface area contributed by atoms with E-state index in [1.165, 1.54) is 0 Å². The molecule has 2 atom stereocenters. The summed E-state index contributed by atoms with van der Waals surface area (Å²) in [6, 6.07) is 7.57. The number of hydrogen-bond acceptors (Lipinski definition) is 3.